The molecule has 2 N–H and O–H groups in total. The fourth-order valence-corrected chi connectivity index (χ4v) is 2.47. The fraction of sp³-hybridized carbons (Fsp3) is 0.667. The van der Waals surface area contributed by atoms with Crippen LogP contribution in [0.3, 0.4) is 0 Å². The minimum Gasteiger partial charge on any atom is -0.396 e. The van der Waals surface area contributed by atoms with Crippen molar-refractivity contribution >= 4 is 22.9 Å². The molecule has 0 saturated heterocycles. The van der Waals surface area contributed by atoms with Crippen LogP contribution in [-0.4, -0.2) is 24.8 Å². The summed E-state index contributed by atoms with van der Waals surface area (Å²) in [6, 6.07) is 4.01. The van der Waals surface area contributed by atoms with Crippen LogP contribution in [0.2, 0.25) is 4.34 Å². The number of nitrogens with one attached hydrogen (secondary N) is 1. The third kappa shape index (κ3) is 4.42. The molecule has 0 aromatic carbocycles. The van der Waals surface area contributed by atoms with Crippen LogP contribution in [0, 0.1) is 5.41 Å². The van der Waals surface area contributed by atoms with Gasteiger partial charge in [0.2, 0.25) is 0 Å². The summed E-state index contributed by atoms with van der Waals surface area (Å²) in [6.07, 6.45) is 1.99. The second kappa shape index (κ2) is 6.60. The van der Waals surface area contributed by atoms with Crippen LogP contribution in [0.15, 0.2) is 12.1 Å². The molecule has 4 heteroatoms. The van der Waals surface area contributed by atoms with Gasteiger partial charge in [-0.05, 0) is 31.5 Å². The summed E-state index contributed by atoms with van der Waals surface area (Å²) in [5.41, 5.74) is 0.00704. The Morgan fingerprint density at radius 3 is 2.75 bits per heavy atom. The van der Waals surface area contributed by atoms with E-state index in [-0.39, 0.29) is 12.0 Å². The Morgan fingerprint density at radius 2 is 2.25 bits per heavy atom. The summed E-state index contributed by atoms with van der Waals surface area (Å²) >= 11 is 7.49. The van der Waals surface area contributed by atoms with E-state index >= 15 is 0 Å². The standard InChI is InChI=1S/C12H20ClNOS/c1-3-12(2,9-15)8-14-7-6-10-4-5-11(13)16-10/h4-5,14-15H,3,6-9H2,1-2H3. The lowest BCUT2D eigenvalue weighted by Crippen LogP contribution is -2.35. The van der Waals surface area contributed by atoms with Crippen molar-refractivity contribution in [3.8, 4) is 0 Å². The van der Waals surface area contributed by atoms with Crippen LogP contribution in [0.4, 0.5) is 0 Å². The van der Waals surface area contributed by atoms with Crippen LogP contribution in [0.1, 0.15) is 25.1 Å². The van der Waals surface area contributed by atoms with E-state index in [4.69, 9.17) is 11.6 Å². The largest absolute Gasteiger partial charge is 0.396 e. The third-order valence-electron chi connectivity index (χ3n) is 2.96. The van der Waals surface area contributed by atoms with Gasteiger partial charge in [-0.25, -0.2) is 0 Å². The van der Waals surface area contributed by atoms with E-state index in [1.165, 1.54) is 4.88 Å². The van der Waals surface area contributed by atoms with E-state index in [1.807, 2.05) is 6.07 Å². The molecule has 1 atom stereocenters. The van der Waals surface area contributed by atoms with Crippen molar-refractivity contribution in [1.29, 1.82) is 0 Å². The van der Waals surface area contributed by atoms with Crippen molar-refractivity contribution in [3.05, 3.63) is 21.3 Å². The van der Waals surface area contributed by atoms with Crippen LogP contribution < -0.4 is 5.32 Å². The number of rotatable bonds is 7. The predicted octanol–water partition coefficient (Wildman–Crippen LogP) is 2.94. The monoisotopic (exact) mass is 261 g/mol. The zero-order valence-electron chi connectivity index (χ0n) is 9.92. The van der Waals surface area contributed by atoms with Gasteiger partial charge in [0.05, 0.1) is 4.34 Å². The highest BCUT2D eigenvalue weighted by Crippen LogP contribution is 2.22. The second-order valence-electron chi connectivity index (χ2n) is 4.45. The summed E-state index contributed by atoms with van der Waals surface area (Å²) in [6.45, 7) is 6.24. The summed E-state index contributed by atoms with van der Waals surface area (Å²) in [4.78, 5) is 1.31. The maximum atomic E-state index is 9.25. The number of halogens is 1. The van der Waals surface area contributed by atoms with Crippen molar-refractivity contribution in [1.82, 2.24) is 5.32 Å². The Morgan fingerprint density at radius 1 is 1.50 bits per heavy atom. The van der Waals surface area contributed by atoms with Gasteiger partial charge in [-0.3, -0.25) is 0 Å². The van der Waals surface area contributed by atoms with Gasteiger partial charge in [0.15, 0.2) is 0 Å². The molecular formula is C12H20ClNOS. The molecule has 0 fully saturated rings. The molecule has 0 amide bonds. The van der Waals surface area contributed by atoms with Gasteiger partial charge in [0.1, 0.15) is 0 Å². The Kier molecular flexibility index (Phi) is 5.76. The first-order chi connectivity index (χ1) is 7.59. The molecule has 1 aromatic heterocycles. The maximum Gasteiger partial charge on any atom is 0.0931 e. The molecule has 1 aromatic rings. The topological polar surface area (TPSA) is 32.3 Å². The first-order valence-corrected chi connectivity index (χ1v) is 6.85. The Labute approximate surface area is 107 Å². The van der Waals surface area contributed by atoms with Crippen molar-refractivity contribution in [2.75, 3.05) is 19.7 Å². The molecule has 16 heavy (non-hydrogen) atoms. The van der Waals surface area contributed by atoms with Crippen molar-refractivity contribution in [2.45, 2.75) is 26.7 Å². The molecule has 1 unspecified atom stereocenters. The van der Waals surface area contributed by atoms with Crippen molar-refractivity contribution in [2.24, 2.45) is 5.41 Å². The lowest BCUT2D eigenvalue weighted by atomic mass is 9.89. The Hall–Kier alpha value is -0.0900. The smallest absolute Gasteiger partial charge is 0.0931 e. The molecular weight excluding hydrogens is 242 g/mol. The number of hydrogen-bond donors (Lipinski definition) is 2. The van der Waals surface area contributed by atoms with Gasteiger partial charge < -0.3 is 10.4 Å². The van der Waals surface area contributed by atoms with E-state index < -0.39 is 0 Å². The van der Waals surface area contributed by atoms with Gasteiger partial charge in [0, 0.05) is 23.4 Å². The zero-order chi connectivity index (χ0) is 12.0. The quantitative estimate of drug-likeness (QED) is 0.740. The highest BCUT2D eigenvalue weighted by Gasteiger charge is 2.19. The molecule has 1 rings (SSSR count). The molecule has 0 saturated carbocycles. The van der Waals surface area contributed by atoms with E-state index in [9.17, 15) is 5.11 Å². The number of aliphatic hydroxyl groups is 1. The molecule has 1 heterocycles. The van der Waals surface area contributed by atoms with E-state index in [0.29, 0.717) is 0 Å². The number of aliphatic hydroxyl groups excluding tert-OH is 1. The summed E-state index contributed by atoms with van der Waals surface area (Å²) in [5, 5.41) is 12.6. The highest BCUT2D eigenvalue weighted by molar-refractivity contribution is 7.16. The molecule has 0 aliphatic rings. The SMILES string of the molecule is CCC(C)(CO)CNCCc1ccc(Cl)s1. The lowest BCUT2D eigenvalue weighted by Gasteiger charge is -2.25. The van der Waals surface area contributed by atoms with Crippen molar-refractivity contribution < 1.29 is 5.11 Å². The minimum atomic E-state index is 0.00704. The van der Waals surface area contributed by atoms with Crippen LogP contribution in [0.5, 0.6) is 0 Å². The van der Waals surface area contributed by atoms with Crippen molar-refractivity contribution in [3.63, 3.8) is 0 Å². The first kappa shape index (κ1) is 14.0. The zero-order valence-corrected chi connectivity index (χ0v) is 11.5. The van der Waals surface area contributed by atoms with Crippen LogP contribution in [-0.2, 0) is 6.42 Å². The average Bonchev–Trinajstić information content (AvgIpc) is 2.70. The van der Waals surface area contributed by atoms with Gasteiger partial charge in [-0.15, -0.1) is 11.3 Å². The van der Waals surface area contributed by atoms with E-state index in [2.05, 4.69) is 25.2 Å². The number of hydrogen-bond acceptors (Lipinski definition) is 3. The summed E-state index contributed by atoms with van der Waals surface area (Å²) in [5.74, 6) is 0. The first-order valence-electron chi connectivity index (χ1n) is 5.65. The predicted molar refractivity (Wildman–Crippen MR) is 71.4 cm³/mol. The van der Waals surface area contributed by atoms with E-state index in [1.54, 1.807) is 11.3 Å². The average molecular weight is 262 g/mol. The molecule has 0 spiro atoms. The van der Waals surface area contributed by atoms with Gasteiger partial charge in [-0.1, -0.05) is 25.4 Å². The fourth-order valence-electron chi connectivity index (χ4n) is 1.38. The lowest BCUT2D eigenvalue weighted by molar-refractivity contribution is 0.136. The molecule has 0 aliphatic heterocycles. The molecule has 2 nitrogen and oxygen atoms in total. The molecule has 0 bridgehead atoms. The number of thiophene rings is 1. The van der Waals surface area contributed by atoms with Gasteiger partial charge in [0.25, 0.3) is 0 Å². The molecule has 0 radical (unpaired) electrons. The van der Waals surface area contributed by atoms with Crippen LogP contribution in [0.25, 0.3) is 0 Å². The second-order valence-corrected chi connectivity index (χ2v) is 6.25. The highest BCUT2D eigenvalue weighted by atomic mass is 35.5. The molecule has 0 aliphatic carbocycles. The van der Waals surface area contributed by atoms with Gasteiger partial charge >= 0.3 is 0 Å². The Bertz CT molecular complexity index is 310. The maximum absolute atomic E-state index is 9.25. The summed E-state index contributed by atoms with van der Waals surface area (Å²) < 4.78 is 0.851. The Balaban J connectivity index is 2.21. The minimum absolute atomic E-state index is 0.00704. The summed E-state index contributed by atoms with van der Waals surface area (Å²) in [7, 11) is 0. The third-order valence-corrected chi connectivity index (χ3v) is 4.26. The van der Waals surface area contributed by atoms with E-state index in [0.717, 1.165) is 30.3 Å². The normalized spacial score (nSPS) is 15.0. The van der Waals surface area contributed by atoms with Gasteiger partial charge in [-0.2, -0.15) is 0 Å². The van der Waals surface area contributed by atoms with Crippen LogP contribution >= 0.6 is 22.9 Å². The molecule has 92 valence electrons.